The number of benzene rings is 1. The molecule has 3 nitrogen and oxygen atoms in total. The largest absolute Gasteiger partial charge is 0.478 e. The second kappa shape index (κ2) is 4.78. The van der Waals surface area contributed by atoms with Gasteiger partial charge in [0.1, 0.15) is 0 Å². The number of hydrogen-bond acceptors (Lipinski definition) is 2. The number of anilines is 1. The van der Waals surface area contributed by atoms with Crippen molar-refractivity contribution >= 4 is 11.7 Å². The monoisotopic (exact) mass is 233 g/mol. The Kier molecular flexibility index (Phi) is 3.36. The molecule has 1 aromatic rings. The van der Waals surface area contributed by atoms with Gasteiger partial charge in [-0.25, -0.2) is 4.79 Å². The van der Waals surface area contributed by atoms with Gasteiger partial charge in [-0.3, -0.25) is 0 Å². The molecule has 1 saturated heterocycles. The maximum Gasteiger partial charge on any atom is 0.335 e. The molecular weight excluding hydrogens is 214 g/mol. The van der Waals surface area contributed by atoms with Crippen LogP contribution in [0.25, 0.3) is 0 Å². The lowest BCUT2D eigenvalue weighted by Gasteiger charge is -2.41. The Hall–Kier alpha value is -1.51. The molecule has 0 bridgehead atoms. The predicted molar refractivity (Wildman–Crippen MR) is 68.7 cm³/mol. The summed E-state index contributed by atoms with van der Waals surface area (Å²) in [6, 6.07) is 5.60. The normalized spacial score (nSPS) is 15.8. The molecule has 3 heteroatoms. The van der Waals surface area contributed by atoms with Crippen molar-refractivity contribution in [2.24, 2.45) is 5.92 Å². The number of aromatic carboxylic acids is 1. The average Bonchev–Trinajstić information content (AvgIpc) is 2.22. The first kappa shape index (κ1) is 12.0. The highest BCUT2D eigenvalue weighted by Gasteiger charge is 2.26. The Labute approximate surface area is 102 Å². The van der Waals surface area contributed by atoms with Crippen LogP contribution in [0.2, 0.25) is 0 Å². The van der Waals surface area contributed by atoms with Crippen LogP contribution in [-0.4, -0.2) is 24.2 Å². The fraction of sp³-hybridized carbons (Fsp3) is 0.500. The minimum atomic E-state index is -0.846. The van der Waals surface area contributed by atoms with E-state index >= 15 is 0 Å². The zero-order valence-corrected chi connectivity index (χ0v) is 10.4. The van der Waals surface area contributed by atoms with E-state index in [0.29, 0.717) is 5.56 Å². The highest BCUT2D eigenvalue weighted by molar-refractivity contribution is 5.89. The summed E-state index contributed by atoms with van der Waals surface area (Å²) in [4.78, 5) is 13.2. The molecule has 0 saturated carbocycles. The average molecular weight is 233 g/mol. The van der Waals surface area contributed by atoms with E-state index in [1.807, 2.05) is 19.1 Å². The van der Waals surface area contributed by atoms with Crippen LogP contribution in [0.4, 0.5) is 5.69 Å². The SMILES string of the molecule is CCCC1CN(c2ccc(C(=O)O)c(C)c2)C1. The van der Waals surface area contributed by atoms with E-state index in [1.165, 1.54) is 12.8 Å². The number of carboxylic acid groups (broad SMARTS) is 1. The maximum atomic E-state index is 10.9. The van der Waals surface area contributed by atoms with Crippen molar-refractivity contribution in [2.45, 2.75) is 26.7 Å². The Morgan fingerprint density at radius 2 is 2.18 bits per heavy atom. The minimum absolute atomic E-state index is 0.402. The van der Waals surface area contributed by atoms with Gasteiger partial charge < -0.3 is 10.0 Å². The fourth-order valence-corrected chi connectivity index (χ4v) is 2.46. The summed E-state index contributed by atoms with van der Waals surface area (Å²) in [6.07, 6.45) is 2.54. The van der Waals surface area contributed by atoms with Crippen LogP contribution < -0.4 is 4.90 Å². The summed E-state index contributed by atoms with van der Waals surface area (Å²) in [5, 5.41) is 8.96. The molecule has 92 valence electrons. The third-order valence-corrected chi connectivity index (χ3v) is 3.46. The Morgan fingerprint density at radius 1 is 1.47 bits per heavy atom. The number of aryl methyl sites for hydroxylation is 1. The van der Waals surface area contributed by atoms with E-state index in [0.717, 1.165) is 30.3 Å². The summed E-state index contributed by atoms with van der Waals surface area (Å²) < 4.78 is 0. The standard InChI is InChI=1S/C14H19NO2/c1-3-4-11-8-15(9-11)12-5-6-13(14(16)17)10(2)7-12/h5-7,11H,3-4,8-9H2,1-2H3,(H,16,17). The maximum absolute atomic E-state index is 10.9. The second-order valence-corrected chi connectivity index (χ2v) is 4.86. The molecule has 0 amide bonds. The Morgan fingerprint density at radius 3 is 2.71 bits per heavy atom. The van der Waals surface area contributed by atoms with Gasteiger partial charge in [0.2, 0.25) is 0 Å². The van der Waals surface area contributed by atoms with Gasteiger partial charge in [-0.15, -0.1) is 0 Å². The number of rotatable bonds is 4. The van der Waals surface area contributed by atoms with E-state index in [-0.39, 0.29) is 0 Å². The van der Waals surface area contributed by atoms with E-state index in [1.54, 1.807) is 6.07 Å². The van der Waals surface area contributed by atoms with Crippen LogP contribution in [0.1, 0.15) is 35.7 Å². The lowest BCUT2D eigenvalue weighted by molar-refractivity contribution is 0.0696. The summed E-state index contributed by atoms with van der Waals surface area (Å²) in [6.45, 7) is 6.30. The molecule has 0 unspecified atom stereocenters. The molecule has 0 spiro atoms. The number of nitrogens with zero attached hydrogens (tertiary/aromatic N) is 1. The molecule has 2 rings (SSSR count). The van der Waals surface area contributed by atoms with Crippen LogP contribution in [-0.2, 0) is 0 Å². The molecule has 17 heavy (non-hydrogen) atoms. The quantitative estimate of drug-likeness (QED) is 0.869. The molecule has 1 aromatic carbocycles. The van der Waals surface area contributed by atoms with Crippen molar-refractivity contribution in [1.29, 1.82) is 0 Å². The van der Waals surface area contributed by atoms with E-state index in [9.17, 15) is 4.79 Å². The van der Waals surface area contributed by atoms with E-state index < -0.39 is 5.97 Å². The smallest absolute Gasteiger partial charge is 0.335 e. The van der Waals surface area contributed by atoms with Crippen LogP contribution >= 0.6 is 0 Å². The minimum Gasteiger partial charge on any atom is -0.478 e. The van der Waals surface area contributed by atoms with E-state index in [4.69, 9.17) is 5.11 Å². The van der Waals surface area contributed by atoms with Gasteiger partial charge in [0.05, 0.1) is 5.56 Å². The molecule has 0 aliphatic carbocycles. The van der Waals surface area contributed by atoms with Crippen LogP contribution in [0.5, 0.6) is 0 Å². The summed E-state index contributed by atoms with van der Waals surface area (Å²) in [5.41, 5.74) is 2.40. The van der Waals surface area contributed by atoms with Crippen molar-refractivity contribution in [3.63, 3.8) is 0 Å². The third kappa shape index (κ3) is 2.43. The lowest BCUT2D eigenvalue weighted by Crippen LogP contribution is -2.46. The fourth-order valence-electron chi connectivity index (χ4n) is 2.46. The van der Waals surface area contributed by atoms with Crippen LogP contribution in [0, 0.1) is 12.8 Å². The molecule has 0 atom stereocenters. The van der Waals surface area contributed by atoms with Crippen molar-refractivity contribution in [3.8, 4) is 0 Å². The van der Waals surface area contributed by atoms with Gasteiger partial charge >= 0.3 is 5.97 Å². The zero-order chi connectivity index (χ0) is 12.4. The second-order valence-electron chi connectivity index (χ2n) is 4.86. The molecule has 1 heterocycles. The van der Waals surface area contributed by atoms with Crippen molar-refractivity contribution in [2.75, 3.05) is 18.0 Å². The highest BCUT2D eigenvalue weighted by Crippen LogP contribution is 2.28. The third-order valence-electron chi connectivity index (χ3n) is 3.46. The van der Waals surface area contributed by atoms with Gasteiger partial charge in [0, 0.05) is 18.8 Å². The Bertz CT molecular complexity index is 422. The molecular formula is C14H19NO2. The van der Waals surface area contributed by atoms with Gasteiger partial charge in [-0.2, -0.15) is 0 Å². The van der Waals surface area contributed by atoms with E-state index in [2.05, 4.69) is 11.8 Å². The summed E-state index contributed by atoms with van der Waals surface area (Å²) in [5.74, 6) is -0.0269. The predicted octanol–water partition coefficient (Wildman–Crippen LogP) is 2.93. The first-order valence-electron chi connectivity index (χ1n) is 6.20. The highest BCUT2D eigenvalue weighted by atomic mass is 16.4. The van der Waals surface area contributed by atoms with Crippen LogP contribution in [0.15, 0.2) is 18.2 Å². The van der Waals surface area contributed by atoms with Crippen molar-refractivity contribution in [1.82, 2.24) is 0 Å². The Balaban J connectivity index is 2.04. The number of carboxylic acids is 1. The molecule has 0 radical (unpaired) electrons. The topological polar surface area (TPSA) is 40.5 Å². The lowest BCUT2D eigenvalue weighted by atomic mass is 9.94. The number of hydrogen-bond donors (Lipinski definition) is 1. The van der Waals surface area contributed by atoms with Gasteiger partial charge in [-0.05, 0) is 43.0 Å². The van der Waals surface area contributed by atoms with Crippen molar-refractivity contribution < 1.29 is 9.90 Å². The van der Waals surface area contributed by atoms with Gasteiger partial charge in [-0.1, -0.05) is 13.3 Å². The first-order valence-corrected chi connectivity index (χ1v) is 6.20. The van der Waals surface area contributed by atoms with Gasteiger partial charge in [0.15, 0.2) is 0 Å². The summed E-state index contributed by atoms with van der Waals surface area (Å²) >= 11 is 0. The molecule has 1 aliphatic rings. The zero-order valence-electron chi connectivity index (χ0n) is 10.4. The number of carbonyl (C=O) groups is 1. The summed E-state index contributed by atoms with van der Waals surface area (Å²) in [7, 11) is 0. The van der Waals surface area contributed by atoms with Gasteiger partial charge in [0.25, 0.3) is 0 Å². The van der Waals surface area contributed by atoms with Crippen LogP contribution in [0.3, 0.4) is 0 Å². The molecule has 0 aromatic heterocycles. The molecule has 1 aliphatic heterocycles. The first-order chi connectivity index (χ1) is 8.11. The molecule has 1 N–H and O–H groups in total. The molecule has 1 fully saturated rings. The van der Waals surface area contributed by atoms with Crippen molar-refractivity contribution in [3.05, 3.63) is 29.3 Å².